The summed E-state index contributed by atoms with van der Waals surface area (Å²) >= 11 is 0. The number of nitrogens with one attached hydrogen (secondary N) is 2. The topological polar surface area (TPSA) is 98.2 Å². The minimum Gasteiger partial charge on any atom is -0.493 e. The number of amides is 1. The van der Waals surface area contributed by atoms with Crippen LogP contribution in [-0.4, -0.2) is 39.8 Å². The molecule has 0 spiro atoms. The highest BCUT2D eigenvalue weighted by molar-refractivity contribution is 6.08. The van der Waals surface area contributed by atoms with Gasteiger partial charge in [0.05, 0.1) is 18.0 Å². The van der Waals surface area contributed by atoms with Crippen LogP contribution in [0.3, 0.4) is 0 Å². The molecule has 264 valence electrons. The first-order valence-corrected chi connectivity index (χ1v) is 15.7. The summed E-state index contributed by atoms with van der Waals surface area (Å²) in [6.45, 7) is 4.73. The zero-order valence-corrected chi connectivity index (χ0v) is 26.7. The number of ether oxygens (including phenoxy) is 2. The van der Waals surface area contributed by atoms with Gasteiger partial charge in [-0.3, -0.25) is 14.3 Å². The van der Waals surface area contributed by atoms with Crippen molar-refractivity contribution in [3.63, 3.8) is 0 Å². The summed E-state index contributed by atoms with van der Waals surface area (Å²) in [6.07, 6.45) is -5.58. The number of pyridine rings is 1. The van der Waals surface area contributed by atoms with Crippen molar-refractivity contribution in [1.29, 1.82) is 0 Å². The molecule has 2 N–H and O–H groups in total. The van der Waals surface area contributed by atoms with Gasteiger partial charge in [-0.1, -0.05) is 13.8 Å². The molecule has 2 heterocycles. The number of aromatic amines is 1. The number of benzene rings is 2. The molecule has 5 rings (SSSR count). The van der Waals surface area contributed by atoms with E-state index in [1.807, 2.05) is 13.8 Å². The van der Waals surface area contributed by atoms with E-state index in [0.717, 1.165) is 31.0 Å². The van der Waals surface area contributed by atoms with Crippen LogP contribution in [0.5, 0.6) is 11.5 Å². The third-order valence-electron chi connectivity index (χ3n) is 7.27. The number of aromatic nitrogens is 3. The lowest BCUT2D eigenvalue weighted by Gasteiger charge is -2.13. The molecule has 1 saturated carbocycles. The van der Waals surface area contributed by atoms with Crippen LogP contribution in [-0.2, 0) is 6.54 Å². The molecule has 1 aliphatic rings. The predicted octanol–water partition coefficient (Wildman–Crippen LogP) is 9.13. The maximum Gasteiger partial charge on any atom is 0.573 e. The Morgan fingerprint density at radius 2 is 1.63 bits per heavy atom. The fraction of sp³-hybridized carbons (Fsp3) is 0.382. The van der Waals surface area contributed by atoms with Crippen molar-refractivity contribution >= 4 is 11.6 Å². The Labute approximate surface area is 277 Å². The third-order valence-corrected chi connectivity index (χ3v) is 7.27. The van der Waals surface area contributed by atoms with E-state index in [4.69, 9.17) is 4.74 Å². The number of nitrogens with zero attached hydrogens (tertiary/aromatic N) is 2. The van der Waals surface area contributed by atoms with E-state index in [0.29, 0.717) is 18.9 Å². The number of carbonyl (C=O) groups excluding carboxylic acids is 1. The first-order valence-electron chi connectivity index (χ1n) is 15.7. The van der Waals surface area contributed by atoms with E-state index in [9.17, 15) is 35.9 Å². The molecule has 1 fully saturated rings. The van der Waals surface area contributed by atoms with Crippen molar-refractivity contribution in [3.05, 3.63) is 82.5 Å². The van der Waals surface area contributed by atoms with E-state index >= 15 is 4.39 Å². The predicted molar refractivity (Wildman–Crippen MR) is 169 cm³/mol. The summed E-state index contributed by atoms with van der Waals surface area (Å²) in [5, 5.41) is 7.01. The van der Waals surface area contributed by atoms with Gasteiger partial charge in [-0.25, -0.2) is 4.39 Å². The molecule has 0 radical (unpaired) electrons. The molecular formula is C34H35F7N4O4. The molecule has 1 amide bonds. The van der Waals surface area contributed by atoms with E-state index in [2.05, 4.69) is 20.1 Å². The van der Waals surface area contributed by atoms with Gasteiger partial charge in [-0.15, -0.1) is 13.2 Å². The number of rotatable bonds is 13. The van der Waals surface area contributed by atoms with Gasteiger partial charge >= 0.3 is 12.5 Å². The molecule has 0 bridgehead atoms. The highest BCUT2D eigenvalue weighted by Crippen LogP contribution is 2.33. The monoisotopic (exact) mass is 696 g/mol. The number of hydrogen-bond donors (Lipinski definition) is 2. The number of anilines is 1. The maximum absolute atomic E-state index is 15.3. The Morgan fingerprint density at radius 1 is 0.939 bits per heavy atom. The fourth-order valence-corrected chi connectivity index (χ4v) is 4.84. The molecule has 0 aliphatic heterocycles. The Kier molecular flexibility index (Phi) is 12.1. The summed E-state index contributed by atoms with van der Waals surface area (Å²) in [4.78, 5) is 29.3. The molecule has 15 heteroatoms. The maximum atomic E-state index is 15.3. The largest absolute Gasteiger partial charge is 0.573 e. The summed E-state index contributed by atoms with van der Waals surface area (Å²) in [5.41, 5.74) is -0.780. The lowest BCUT2D eigenvalue weighted by atomic mass is 10.0. The highest BCUT2D eigenvalue weighted by Gasteiger charge is 2.31. The average molecular weight is 697 g/mol. The molecule has 8 nitrogen and oxygen atoms in total. The zero-order chi connectivity index (χ0) is 35.8. The summed E-state index contributed by atoms with van der Waals surface area (Å²) in [7, 11) is 0. The Morgan fingerprint density at radius 3 is 2.27 bits per heavy atom. The molecule has 0 saturated heterocycles. The Bertz CT molecular complexity index is 1760. The fourth-order valence-electron chi connectivity index (χ4n) is 4.84. The molecule has 2 aromatic carbocycles. The molecule has 0 atom stereocenters. The second-order valence-corrected chi connectivity index (χ2v) is 11.1. The summed E-state index contributed by atoms with van der Waals surface area (Å²) < 4.78 is 101. The van der Waals surface area contributed by atoms with E-state index in [1.165, 1.54) is 30.3 Å². The van der Waals surface area contributed by atoms with E-state index < -0.39 is 42.0 Å². The standard InChI is InChI=1S/C32H29F7N4O4.C2H6/c33-25-16-22(46-15-3-1-2-13-31(34,35)36)10-11-23(25)27-17-24(26-12-14-43(42-26)18-19-4-5-19)28(30(45)41-27)29(44)40-20-6-8-21(9-7-20)47-32(37,38)39;1-2/h6-12,14,16-17,19H,1-5,13,15,18H2,(H,40,44)(H,41,45);1-2H3. The van der Waals surface area contributed by atoms with Crippen LogP contribution in [0.15, 0.2) is 65.6 Å². The van der Waals surface area contributed by atoms with Gasteiger partial charge in [-0.05, 0) is 86.6 Å². The summed E-state index contributed by atoms with van der Waals surface area (Å²) in [5.74, 6) is -1.53. The highest BCUT2D eigenvalue weighted by atomic mass is 19.4. The van der Waals surface area contributed by atoms with Crippen molar-refractivity contribution in [2.45, 2.75) is 71.5 Å². The van der Waals surface area contributed by atoms with Crippen molar-refractivity contribution < 1.29 is 45.0 Å². The average Bonchev–Trinajstić information content (AvgIpc) is 3.72. The second kappa shape index (κ2) is 16.1. The van der Waals surface area contributed by atoms with Gasteiger partial charge in [0.15, 0.2) is 0 Å². The van der Waals surface area contributed by atoms with Crippen LogP contribution in [0, 0.1) is 11.7 Å². The van der Waals surface area contributed by atoms with Crippen molar-refractivity contribution in [2.75, 3.05) is 11.9 Å². The first kappa shape index (κ1) is 37.0. The van der Waals surface area contributed by atoms with Crippen LogP contribution >= 0.6 is 0 Å². The van der Waals surface area contributed by atoms with Crippen molar-refractivity contribution in [2.24, 2.45) is 5.92 Å². The van der Waals surface area contributed by atoms with Gasteiger partial charge in [0.1, 0.15) is 22.9 Å². The van der Waals surface area contributed by atoms with Gasteiger partial charge in [0.2, 0.25) is 0 Å². The van der Waals surface area contributed by atoms with E-state index in [1.54, 1.807) is 16.9 Å². The molecular weight excluding hydrogens is 661 g/mol. The van der Waals surface area contributed by atoms with Crippen LogP contribution in [0.2, 0.25) is 0 Å². The normalized spacial score (nSPS) is 13.0. The molecule has 0 unspecified atom stereocenters. The molecule has 2 aromatic heterocycles. The van der Waals surface area contributed by atoms with Gasteiger partial charge in [0, 0.05) is 42.0 Å². The van der Waals surface area contributed by atoms with Gasteiger partial charge in [0.25, 0.3) is 11.5 Å². The van der Waals surface area contributed by atoms with Crippen LogP contribution in [0.25, 0.3) is 22.5 Å². The smallest absolute Gasteiger partial charge is 0.493 e. The number of hydrogen-bond acceptors (Lipinski definition) is 5. The van der Waals surface area contributed by atoms with Gasteiger partial charge in [-0.2, -0.15) is 18.3 Å². The lowest BCUT2D eigenvalue weighted by molar-refractivity contribution is -0.274. The SMILES string of the molecule is CC.O=C(Nc1ccc(OC(F)(F)F)cc1)c1c(-c2ccn(CC3CC3)n2)cc(-c2ccc(OCCCCCC(F)(F)F)cc2F)[nH]c1=O. The number of alkyl halides is 6. The van der Waals surface area contributed by atoms with E-state index in [-0.39, 0.29) is 59.0 Å². The van der Waals surface area contributed by atoms with Crippen molar-refractivity contribution in [3.8, 4) is 34.0 Å². The van der Waals surface area contributed by atoms with Crippen LogP contribution in [0.4, 0.5) is 36.4 Å². The summed E-state index contributed by atoms with van der Waals surface area (Å²) in [6, 6.07) is 11.3. The zero-order valence-electron chi connectivity index (χ0n) is 26.7. The first-order chi connectivity index (χ1) is 23.2. The minimum atomic E-state index is -4.90. The second-order valence-electron chi connectivity index (χ2n) is 11.1. The van der Waals surface area contributed by atoms with Gasteiger partial charge < -0.3 is 19.8 Å². The molecule has 1 aliphatic carbocycles. The minimum absolute atomic E-state index is 0.0227. The Hall–Kier alpha value is -4.82. The number of halogens is 7. The van der Waals surface area contributed by atoms with Crippen LogP contribution in [0.1, 0.15) is 62.7 Å². The Balaban J connectivity index is 0.00000265. The third kappa shape index (κ3) is 11.1. The number of carbonyl (C=O) groups is 1. The van der Waals surface area contributed by atoms with Crippen molar-refractivity contribution in [1.82, 2.24) is 14.8 Å². The molecule has 4 aromatic rings. The number of unbranched alkanes of at least 4 members (excludes halogenated alkanes) is 2. The lowest BCUT2D eigenvalue weighted by Crippen LogP contribution is -2.25. The quantitative estimate of drug-likeness (QED) is 0.107. The number of H-pyrrole nitrogens is 1. The molecule has 49 heavy (non-hydrogen) atoms. The van der Waals surface area contributed by atoms with Crippen LogP contribution < -0.4 is 20.3 Å².